The van der Waals surface area contributed by atoms with E-state index in [4.69, 9.17) is 4.74 Å². The number of rotatable bonds is 6. The highest BCUT2D eigenvalue weighted by Gasteiger charge is 2.06. The number of anilines is 1. The lowest BCUT2D eigenvalue weighted by molar-refractivity contribution is 0.397. The van der Waals surface area contributed by atoms with Crippen LogP contribution >= 0.6 is 0 Å². The van der Waals surface area contributed by atoms with Crippen molar-refractivity contribution in [1.82, 2.24) is 9.97 Å². The van der Waals surface area contributed by atoms with Crippen molar-refractivity contribution in [3.63, 3.8) is 0 Å². The van der Waals surface area contributed by atoms with E-state index in [2.05, 4.69) is 29.1 Å². The van der Waals surface area contributed by atoms with Gasteiger partial charge in [-0.05, 0) is 12.8 Å². The molecule has 1 atom stereocenters. The molecule has 84 valence electrons. The Bertz CT molecular complexity index is 291. The van der Waals surface area contributed by atoms with Gasteiger partial charge in [0.05, 0.1) is 7.11 Å². The Morgan fingerprint density at radius 2 is 2.20 bits per heavy atom. The van der Waals surface area contributed by atoms with Crippen LogP contribution in [0.2, 0.25) is 0 Å². The second-order valence-corrected chi connectivity index (χ2v) is 3.48. The molecule has 15 heavy (non-hydrogen) atoms. The van der Waals surface area contributed by atoms with Gasteiger partial charge in [0.25, 0.3) is 0 Å². The highest BCUT2D eigenvalue weighted by atomic mass is 16.5. The second kappa shape index (κ2) is 6.22. The van der Waals surface area contributed by atoms with Gasteiger partial charge in [-0.25, -0.2) is 9.97 Å². The van der Waals surface area contributed by atoms with Crippen LogP contribution in [0.5, 0.6) is 5.88 Å². The number of hydrogen-bond donors (Lipinski definition) is 1. The fourth-order valence-corrected chi connectivity index (χ4v) is 1.47. The first-order chi connectivity index (χ1) is 7.30. The summed E-state index contributed by atoms with van der Waals surface area (Å²) in [5.74, 6) is 1.43. The van der Waals surface area contributed by atoms with E-state index in [0.717, 1.165) is 18.7 Å². The second-order valence-electron chi connectivity index (χ2n) is 3.48. The normalized spacial score (nSPS) is 12.2. The molecular weight excluding hydrogens is 190 g/mol. The van der Waals surface area contributed by atoms with E-state index < -0.39 is 0 Å². The summed E-state index contributed by atoms with van der Waals surface area (Å²) in [6, 6.07) is 2.30. The lowest BCUT2D eigenvalue weighted by Gasteiger charge is -2.16. The lowest BCUT2D eigenvalue weighted by atomic mass is 10.1. The predicted molar refractivity (Wildman–Crippen MR) is 61.2 cm³/mol. The number of ether oxygens (including phenoxy) is 1. The molecule has 0 fully saturated rings. The summed E-state index contributed by atoms with van der Waals surface area (Å²) in [6.45, 7) is 4.36. The summed E-state index contributed by atoms with van der Waals surface area (Å²) in [6.07, 6.45) is 4.94. The average molecular weight is 209 g/mol. The Kier molecular flexibility index (Phi) is 4.87. The van der Waals surface area contributed by atoms with Crippen LogP contribution in [0.1, 0.15) is 33.1 Å². The molecule has 1 N–H and O–H groups in total. The van der Waals surface area contributed by atoms with Crippen molar-refractivity contribution in [3.05, 3.63) is 12.4 Å². The van der Waals surface area contributed by atoms with E-state index in [1.807, 2.05) is 6.07 Å². The molecule has 0 radical (unpaired) electrons. The summed E-state index contributed by atoms with van der Waals surface area (Å²) in [5, 5.41) is 3.37. The molecule has 0 saturated carbocycles. The molecule has 0 aliphatic heterocycles. The third kappa shape index (κ3) is 3.73. The van der Waals surface area contributed by atoms with Gasteiger partial charge in [-0.15, -0.1) is 0 Å². The molecule has 0 aromatic carbocycles. The molecule has 0 spiro atoms. The summed E-state index contributed by atoms with van der Waals surface area (Å²) < 4.78 is 5.04. The minimum atomic E-state index is 0.481. The van der Waals surface area contributed by atoms with Gasteiger partial charge in [0.1, 0.15) is 12.1 Å². The first-order valence-electron chi connectivity index (χ1n) is 5.42. The van der Waals surface area contributed by atoms with Gasteiger partial charge in [0.15, 0.2) is 0 Å². The smallest absolute Gasteiger partial charge is 0.218 e. The Hall–Kier alpha value is -1.32. The number of nitrogens with zero attached hydrogens (tertiary/aromatic N) is 2. The van der Waals surface area contributed by atoms with Crippen LogP contribution in [0.4, 0.5) is 5.82 Å². The maximum Gasteiger partial charge on any atom is 0.218 e. The maximum atomic E-state index is 5.04. The van der Waals surface area contributed by atoms with Crippen molar-refractivity contribution in [1.29, 1.82) is 0 Å². The highest BCUT2D eigenvalue weighted by molar-refractivity contribution is 5.37. The molecule has 1 heterocycles. The van der Waals surface area contributed by atoms with Crippen molar-refractivity contribution in [2.75, 3.05) is 12.4 Å². The molecule has 0 bridgehead atoms. The Balaban J connectivity index is 2.61. The quantitative estimate of drug-likeness (QED) is 0.781. The number of aromatic nitrogens is 2. The molecule has 1 unspecified atom stereocenters. The number of methoxy groups -OCH3 is 1. The minimum Gasteiger partial charge on any atom is -0.481 e. The van der Waals surface area contributed by atoms with E-state index in [-0.39, 0.29) is 0 Å². The Labute approximate surface area is 91.1 Å². The van der Waals surface area contributed by atoms with E-state index in [0.29, 0.717) is 11.9 Å². The largest absolute Gasteiger partial charge is 0.481 e. The topological polar surface area (TPSA) is 47.0 Å². The van der Waals surface area contributed by atoms with Crippen molar-refractivity contribution < 1.29 is 4.74 Å². The standard InChI is InChI=1S/C11H19N3O/c1-4-6-9(5-2)14-10-7-11(15-3)13-8-12-10/h7-9H,4-6H2,1-3H3,(H,12,13,14). The summed E-state index contributed by atoms with van der Waals surface area (Å²) in [4.78, 5) is 8.12. The van der Waals surface area contributed by atoms with Crippen LogP contribution in [0.3, 0.4) is 0 Å². The molecule has 0 aliphatic carbocycles. The van der Waals surface area contributed by atoms with Crippen LogP contribution in [-0.2, 0) is 0 Å². The third-order valence-corrected chi connectivity index (χ3v) is 2.33. The maximum absolute atomic E-state index is 5.04. The van der Waals surface area contributed by atoms with Crippen LogP contribution < -0.4 is 10.1 Å². The average Bonchev–Trinajstić information content (AvgIpc) is 2.29. The number of nitrogens with one attached hydrogen (secondary N) is 1. The van der Waals surface area contributed by atoms with Gasteiger partial charge in [0, 0.05) is 12.1 Å². The van der Waals surface area contributed by atoms with Crippen LogP contribution in [0, 0.1) is 0 Å². The zero-order valence-corrected chi connectivity index (χ0v) is 9.66. The molecule has 1 aromatic heterocycles. The van der Waals surface area contributed by atoms with Gasteiger partial charge < -0.3 is 10.1 Å². The van der Waals surface area contributed by atoms with Gasteiger partial charge in [-0.2, -0.15) is 0 Å². The van der Waals surface area contributed by atoms with Crippen LogP contribution in [-0.4, -0.2) is 23.1 Å². The van der Waals surface area contributed by atoms with Crippen LogP contribution in [0.25, 0.3) is 0 Å². The van der Waals surface area contributed by atoms with Gasteiger partial charge >= 0.3 is 0 Å². The molecule has 0 aliphatic rings. The Morgan fingerprint density at radius 1 is 1.40 bits per heavy atom. The highest BCUT2D eigenvalue weighted by Crippen LogP contribution is 2.13. The molecule has 0 saturated heterocycles. The molecule has 1 rings (SSSR count). The SMILES string of the molecule is CCCC(CC)Nc1cc(OC)ncn1. The summed E-state index contributed by atoms with van der Waals surface area (Å²) >= 11 is 0. The zero-order valence-electron chi connectivity index (χ0n) is 9.66. The van der Waals surface area contributed by atoms with Gasteiger partial charge in [-0.1, -0.05) is 20.3 Å². The zero-order chi connectivity index (χ0) is 11.1. The first kappa shape index (κ1) is 11.8. The number of hydrogen-bond acceptors (Lipinski definition) is 4. The van der Waals surface area contributed by atoms with Gasteiger partial charge in [-0.3, -0.25) is 0 Å². The molecule has 4 heteroatoms. The van der Waals surface area contributed by atoms with Crippen molar-refractivity contribution in [2.45, 2.75) is 39.2 Å². The van der Waals surface area contributed by atoms with E-state index >= 15 is 0 Å². The third-order valence-electron chi connectivity index (χ3n) is 2.33. The lowest BCUT2D eigenvalue weighted by Crippen LogP contribution is -2.18. The van der Waals surface area contributed by atoms with E-state index in [9.17, 15) is 0 Å². The van der Waals surface area contributed by atoms with E-state index in [1.165, 1.54) is 12.7 Å². The molecular formula is C11H19N3O. The summed E-state index contributed by atoms with van der Waals surface area (Å²) in [7, 11) is 1.61. The minimum absolute atomic E-state index is 0.481. The predicted octanol–water partition coefficient (Wildman–Crippen LogP) is 2.48. The fraction of sp³-hybridized carbons (Fsp3) is 0.636. The molecule has 0 amide bonds. The summed E-state index contributed by atoms with van der Waals surface area (Å²) in [5.41, 5.74) is 0. The van der Waals surface area contributed by atoms with Crippen molar-refractivity contribution in [2.24, 2.45) is 0 Å². The Morgan fingerprint density at radius 3 is 2.80 bits per heavy atom. The first-order valence-corrected chi connectivity index (χ1v) is 5.42. The van der Waals surface area contributed by atoms with Crippen LogP contribution in [0.15, 0.2) is 12.4 Å². The van der Waals surface area contributed by atoms with Crippen molar-refractivity contribution in [3.8, 4) is 5.88 Å². The molecule has 4 nitrogen and oxygen atoms in total. The molecule has 1 aromatic rings. The fourth-order valence-electron chi connectivity index (χ4n) is 1.47. The van der Waals surface area contributed by atoms with Gasteiger partial charge in [0.2, 0.25) is 5.88 Å². The van der Waals surface area contributed by atoms with E-state index in [1.54, 1.807) is 7.11 Å². The monoisotopic (exact) mass is 209 g/mol. The van der Waals surface area contributed by atoms with Crippen molar-refractivity contribution >= 4 is 5.82 Å².